The van der Waals surface area contributed by atoms with Crippen LogP contribution in [-0.4, -0.2) is 39.9 Å². The highest BCUT2D eigenvalue weighted by Gasteiger charge is 2.35. The van der Waals surface area contributed by atoms with Gasteiger partial charge in [0.05, 0.1) is 11.7 Å². The Bertz CT molecular complexity index is 354. The normalized spacial score (nSPS) is 30.4. The molecule has 3 nitrogen and oxygen atoms in total. The smallest absolute Gasteiger partial charge is 0.0796 e. The Morgan fingerprint density at radius 2 is 2.06 bits per heavy atom. The second-order valence-electron chi connectivity index (χ2n) is 5.09. The van der Waals surface area contributed by atoms with Gasteiger partial charge in [0.25, 0.3) is 0 Å². The first-order valence-corrected chi connectivity index (χ1v) is 6.28. The summed E-state index contributed by atoms with van der Waals surface area (Å²) in [6, 6.07) is 10.2. The van der Waals surface area contributed by atoms with Crippen molar-refractivity contribution in [3.63, 3.8) is 0 Å². The van der Waals surface area contributed by atoms with Crippen molar-refractivity contribution in [3.05, 3.63) is 35.9 Å². The number of benzene rings is 1. The molecule has 3 heteroatoms. The maximum Gasteiger partial charge on any atom is 0.0796 e. The van der Waals surface area contributed by atoms with Gasteiger partial charge in [-0.2, -0.15) is 0 Å². The Hall–Kier alpha value is -0.900. The number of hydrogen-bond donors (Lipinski definition) is 2. The van der Waals surface area contributed by atoms with Gasteiger partial charge >= 0.3 is 0 Å². The van der Waals surface area contributed by atoms with Gasteiger partial charge in [0.15, 0.2) is 0 Å². The van der Waals surface area contributed by atoms with Crippen LogP contribution in [0.5, 0.6) is 0 Å². The van der Waals surface area contributed by atoms with E-state index >= 15 is 0 Å². The predicted octanol–water partition coefficient (Wildman–Crippen LogP) is 1.39. The topological polar surface area (TPSA) is 43.7 Å². The van der Waals surface area contributed by atoms with Crippen LogP contribution >= 0.6 is 0 Å². The van der Waals surface area contributed by atoms with Crippen LogP contribution in [0.3, 0.4) is 0 Å². The second kappa shape index (κ2) is 5.17. The Morgan fingerprint density at radius 1 is 1.35 bits per heavy atom. The summed E-state index contributed by atoms with van der Waals surface area (Å²) in [6.45, 7) is 4.06. The molecule has 1 heterocycles. The van der Waals surface area contributed by atoms with Crippen LogP contribution < -0.4 is 0 Å². The van der Waals surface area contributed by atoms with Crippen molar-refractivity contribution in [2.75, 3.05) is 13.1 Å². The summed E-state index contributed by atoms with van der Waals surface area (Å²) < 4.78 is 0. The molecular formula is C14H21NO2. The van der Waals surface area contributed by atoms with Gasteiger partial charge in [0.1, 0.15) is 0 Å². The molecule has 1 aliphatic rings. The molecule has 1 aromatic rings. The number of likely N-dealkylation sites (tertiary alicyclic amines) is 1. The molecule has 1 aromatic carbocycles. The van der Waals surface area contributed by atoms with Gasteiger partial charge in [-0.25, -0.2) is 0 Å². The number of nitrogens with zero attached hydrogens (tertiary/aromatic N) is 1. The number of rotatable bonds is 3. The largest absolute Gasteiger partial charge is 0.392 e. The molecule has 1 fully saturated rings. The highest BCUT2D eigenvalue weighted by molar-refractivity contribution is 5.14. The van der Waals surface area contributed by atoms with Crippen molar-refractivity contribution in [1.82, 2.24) is 4.90 Å². The standard InChI is InChI=1S/C14H21NO2/c1-2-14(17)8-13(16)10-15(11-14)9-12-6-4-3-5-7-12/h3-7,13,16-17H,2,8-11H2,1H3/t13-,14+/m1/s1. The zero-order chi connectivity index (χ0) is 12.3. The van der Waals surface area contributed by atoms with Crippen LogP contribution in [0.4, 0.5) is 0 Å². The first-order valence-electron chi connectivity index (χ1n) is 6.28. The van der Waals surface area contributed by atoms with Gasteiger partial charge in [-0.1, -0.05) is 37.3 Å². The van der Waals surface area contributed by atoms with Crippen LogP contribution in [0.25, 0.3) is 0 Å². The molecule has 1 aliphatic heterocycles. The van der Waals surface area contributed by atoms with Crippen molar-refractivity contribution < 1.29 is 10.2 Å². The quantitative estimate of drug-likeness (QED) is 0.832. The number of hydrogen-bond acceptors (Lipinski definition) is 3. The highest BCUT2D eigenvalue weighted by atomic mass is 16.3. The Balaban J connectivity index is 2.01. The highest BCUT2D eigenvalue weighted by Crippen LogP contribution is 2.25. The lowest BCUT2D eigenvalue weighted by Crippen LogP contribution is -2.52. The van der Waals surface area contributed by atoms with Gasteiger partial charge in [0, 0.05) is 26.1 Å². The predicted molar refractivity (Wildman–Crippen MR) is 67.6 cm³/mol. The summed E-state index contributed by atoms with van der Waals surface area (Å²) in [5.74, 6) is 0. The van der Waals surface area contributed by atoms with E-state index in [-0.39, 0.29) is 0 Å². The molecule has 0 amide bonds. The summed E-state index contributed by atoms with van der Waals surface area (Å²) in [7, 11) is 0. The molecule has 0 radical (unpaired) electrons. The third-order valence-corrected chi connectivity index (χ3v) is 3.51. The maximum atomic E-state index is 10.3. The van der Waals surface area contributed by atoms with Crippen LogP contribution in [0.1, 0.15) is 25.3 Å². The molecule has 2 rings (SSSR count). The Kier molecular flexibility index (Phi) is 3.82. The van der Waals surface area contributed by atoms with Gasteiger partial charge in [-0.15, -0.1) is 0 Å². The number of piperidine rings is 1. The number of aliphatic hydroxyl groups is 2. The zero-order valence-corrected chi connectivity index (χ0v) is 10.3. The van der Waals surface area contributed by atoms with Gasteiger partial charge < -0.3 is 10.2 Å². The molecule has 0 aromatic heterocycles. The minimum atomic E-state index is -0.730. The average molecular weight is 235 g/mol. The van der Waals surface area contributed by atoms with Crippen molar-refractivity contribution in [2.24, 2.45) is 0 Å². The summed E-state index contributed by atoms with van der Waals surface area (Å²) >= 11 is 0. The maximum absolute atomic E-state index is 10.3. The Labute approximate surface area is 103 Å². The molecule has 2 N–H and O–H groups in total. The fraction of sp³-hybridized carbons (Fsp3) is 0.571. The minimum Gasteiger partial charge on any atom is -0.392 e. The minimum absolute atomic E-state index is 0.419. The number of β-amino-alcohol motifs (C(OH)–C–C–N with tert-alkyl or cyclic N) is 2. The van der Waals surface area contributed by atoms with E-state index in [9.17, 15) is 10.2 Å². The summed E-state index contributed by atoms with van der Waals surface area (Å²) in [5.41, 5.74) is 0.493. The molecule has 0 aliphatic carbocycles. The van der Waals surface area contributed by atoms with Crippen LogP contribution in [0, 0.1) is 0 Å². The molecule has 2 atom stereocenters. The van der Waals surface area contributed by atoms with E-state index in [2.05, 4.69) is 17.0 Å². The fourth-order valence-corrected chi connectivity index (χ4v) is 2.56. The second-order valence-corrected chi connectivity index (χ2v) is 5.09. The lowest BCUT2D eigenvalue weighted by molar-refractivity contribution is -0.0839. The molecule has 0 spiro atoms. The lowest BCUT2D eigenvalue weighted by Gasteiger charge is -2.41. The van der Waals surface area contributed by atoms with E-state index in [1.807, 2.05) is 25.1 Å². The SMILES string of the molecule is CC[C@]1(O)C[C@@H](O)CN(Cc2ccccc2)C1. The van der Waals surface area contributed by atoms with E-state index in [1.54, 1.807) is 0 Å². The summed E-state index contributed by atoms with van der Waals surface area (Å²) in [5, 5.41) is 20.1. The van der Waals surface area contributed by atoms with E-state index < -0.39 is 11.7 Å². The van der Waals surface area contributed by atoms with E-state index in [0.29, 0.717) is 25.9 Å². The molecular weight excluding hydrogens is 214 g/mol. The molecule has 0 bridgehead atoms. The van der Waals surface area contributed by atoms with Crippen LogP contribution in [0.15, 0.2) is 30.3 Å². The number of aliphatic hydroxyl groups excluding tert-OH is 1. The Morgan fingerprint density at radius 3 is 2.71 bits per heavy atom. The third-order valence-electron chi connectivity index (χ3n) is 3.51. The van der Waals surface area contributed by atoms with Crippen molar-refractivity contribution in [1.29, 1.82) is 0 Å². The van der Waals surface area contributed by atoms with E-state index in [4.69, 9.17) is 0 Å². The summed E-state index contributed by atoms with van der Waals surface area (Å²) in [6.07, 6.45) is 0.766. The van der Waals surface area contributed by atoms with Crippen molar-refractivity contribution >= 4 is 0 Å². The van der Waals surface area contributed by atoms with Crippen molar-refractivity contribution in [2.45, 2.75) is 38.0 Å². The molecule has 0 saturated carbocycles. The molecule has 17 heavy (non-hydrogen) atoms. The van der Waals surface area contributed by atoms with E-state index in [0.717, 1.165) is 6.54 Å². The fourth-order valence-electron chi connectivity index (χ4n) is 2.56. The van der Waals surface area contributed by atoms with Gasteiger partial charge in [-0.3, -0.25) is 4.90 Å². The van der Waals surface area contributed by atoms with Crippen LogP contribution in [0.2, 0.25) is 0 Å². The van der Waals surface area contributed by atoms with Gasteiger partial charge in [0.2, 0.25) is 0 Å². The first-order chi connectivity index (χ1) is 8.11. The van der Waals surface area contributed by atoms with E-state index in [1.165, 1.54) is 5.56 Å². The van der Waals surface area contributed by atoms with Gasteiger partial charge in [-0.05, 0) is 12.0 Å². The lowest BCUT2D eigenvalue weighted by atomic mass is 9.88. The monoisotopic (exact) mass is 235 g/mol. The molecule has 94 valence electrons. The first kappa shape index (κ1) is 12.6. The third kappa shape index (κ3) is 3.28. The summed E-state index contributed by atoms with van der Waals surface area (Å²) in [4.78, 5) is 2.13. The van der Waals surface area contributed by atoms with Crippen molar-refractivity contribution in [3.8, 4) is 0 Å². The zero-order valence-electron chi connectivity index (χ0n) is 10.3. The molecule has 0 unspecified atom stereocenters. The molecule has 1 saturated heterocycles. The average Bonchev–Trinajstić information content (AvgIpc) is 2.29. The van der Waals surface area contributed by atoms with Crippen LogP contribution in [-0.2, 0) is 6.54 Å².